The summed E-state index contributed by atoms with van der Waals surface area (Å²) < 4.78 is 14.2. The molecular formula is C24H35ClFN3. The highest BCUT2D eigenvalue weighted by atomic mass is 35.5. The Morgan fingerprint density at radius 3 is 2.72 bits per heavy atom. The zero-order valence-corrected chi connectivity index (χ0v) is 18.6. The Labute approximate surface area is 180 Å². The number of nitrogens with zero attached hydrogens (tertiary/aromatic N) is 2. The van der Waals surface area contributed by atoms with Crippen LogP contribution in [0, 0.1) is 11.7 Å². The lowest BCUT2D eigenvalue weighted by Crippen LogP contribution is -2.14. The van der Waals surface area contributed by atoms with Gasteiger partial charge in [-0.15, -0.1) is 0 Å². The number of allylic oxidation sites excluding steroid dienone is 2. The summed E-state index contributed by atoms with van der Waals surface area (Å²) in [6.45, 7) is 10.9. The van der Waals surface area contributed by atoms with E-state index in [0.717, 1.165) is 68.3 Å². The number of nitrogens with one attached hydrogen (secondary N) is 1. The number of aryl methyl sites for hydroxylation is 1. The van der Waals surface area contributed by atoms with Gasteiger partial charge in [-0.25, -0.2) is 4.39 Å². The van der Waals surface area contributed by atoms with Crippen molar-refractivity contribution in [1.82, 2.24) is 5.32 Å². The van der Waals surface area contributed by atoms with Crippen molar-refractivity contribution < 1.29 is 4.39 Å². The lowest BCUT2D eigenvalue weighted by molar-refractivity contribution is 0.403. The standard InChI is InChI=1S/C24H35ClFN3/c1-19(2)15-22-10-9-21(16-24(22)26)8-6-5-7-20(11-13-27-3)12-14-29-18-23(25)17-28-4/h9-10,16-18,20,27H,1,4-8,11-15H2,2-3H3/b23-17+,29-18-. The molecule has 0 aliphatic carbocycles. The van der Waals surface area contributed by atoms with Gasteiger partial charge in [0.25, 0.3) is 0 Å². The van der Waals surface area contributed by atoms with E-state index in [2.05, 4.69) is 28.6 Å². The summed E-state index contributed by atoms with van der Waals surface area (Å²) in [5, 5.41) is 3.72. The summed E-state index contributed by atoms with van der Waals surface area (Å²) >= 11 is 5.92. The van der Waals surface area contributed by atoms with Gasteiger partial charge < -0.3 is 5.32 Å². The van der Waals surface area contributed by atoms with E-state index in [0.29, 0.717) is 17.4 Å². The highest BCUT2D eigenvalue weighted by Crippen LogP contribution is 2.20. The van der Waals surface area contributed by atoms with Crippen LogP contribution >= 0.6 is 11.6 Å². The maximum absolute atomic E-state index is 14.2. The average molecular weight is 420 g/mol. The molecule has 0 bridgehead atoms. The zero-order valence-electron chi connectivity index (χ0n) is 17.9. The molecule has 3 nitrogen and oxygen atoms in total. The second-order valence-electron chi connectivity index (χ2n) is 7.58. The van der Waals surface area contributed by atoms with Gasteiger partial charge in [-0.3, -0.25) is 9.98 Å². The fraction of sp³-hybridized carbons (Fsp3) is 0.500. The summed E-state index contributed by atoms with van der Waals surface area (Å²) in [4.78, 5) is 7.99. The van der Waals surface area contributed by atoms with Crippen LogP contribution in [0.5, 0.6) is 0 Å². The third kappa shape index (κ3) is 11.7. The Balaban J connectivity index is 2.42. The Morgan fingerprint density at radius 2 is 2.07 bits per heavy atom. The van der Waals surface area contributed by atoms with E-state index in [1.165, 1.54) is 6.20 Å². The molecule has 0 heterocycles. The highest BCUT2D eigenvalue weighted by molar-refractivity contribution is 6.39. The van der Waals surface area contributed by atoms with E-state index in [9.17, 15) is 4.39 Å². The first-order valence-electron chi connectivity index (χ1n) is 10.3. The molecule has 0 saturated carbocycles. The average Bonchev–Trinajstić information content (AvgIpc) is 2.67. The van der Waals surface area contributed by atoms with Crippen molar-refractivity contribution in [3.8, 4) is 0 Å². The minimum absolute atomic E-state index is 0.116. The second kappa shape index (κ2) is 15.1. The molecule has 0 amide bonds. The molecule has 0 aromatic heterocycles. The van der Waals surface area contributed by atoms with Crippen molar-refractivity contribution in [2.75, 3.05) is 20.1 Å². The van der Waals surface area contributed by atoms with Gasteiger partial charge in [0.1, 0.15) is 5.82 Å². The van der Waals surface area contributed by atoms with Crippen LogP contribution in [0.3, 0.4) is 0 Å². The minimum atomic E-state index is -0.116. The van der Waals surface area contributed by atoms with Crippen molar-refractivity contribution in [2.24, 2.45) is 15.9 Å². The van der Waals surface area contributed by atoms with Crippen LogP contribution in [0.4, 0.5) is 4.39 Å². The number of benzene rings is 1. The van der Waals surface area contributed by atoms with Crippen molar-refractivity contribution in [1.29, 1.82) is 0 Å². The van der Waals surface area contributed by atoms with Gasteiger partial charge in [0.05, 0.1) is 5.03 Å². The molecule has 1 atom stereocenters. The van der Waals surface area contributed by atoms with Crippen molar-refractivity contribution >= 4 is 24.5 Å². The van der Waals surface area contributed by atoms with Crippen LogP contribution in [0.15, 0.2) is 51.6 Å². The predicted molar refractivity (Wildman–Crippen MR) is 126 cm³/mol. The largest absolute Gasteiger partial charge is 0.320 e. The fourth-order valence-electron chi connectivity index (χ4n) is 3.29. The van der Waals surface area contributed by atoms with Crippen LogP contribution < -0.4 is 5.32 Å². The van der Waals surface area contributed by atoms with Gasteiger partial charge in [-0.05, 0) is 82.4 Å². The summed E-state index contributed by atoms with van der Waals surface area (Å²) in [7, 11) is 1.98. The highest BCUT2D eigenvalue weighted by Gasteiger charge is 2.09. The predicted octanol–water partition coefficient (Wildman–Crippen LogP) is 6.12. The van der Waals surface area contributed by atoms with Gasteiger partial charge in [0, 0.05) is 19.0 Å². The van der Waals surface area contributed by atoms with Crippen LogP contribution in [-0.2, 0) is 12.8 Å². The Hall–Kier alpha value is -1.78. The van der Waals surface area contributed by atoms with E-state index in [1.807, 2.05) is 26.1 Å². The monoisotopic (exact) mass is 419 g/mol. The van der Waals surface area contributed by atoms with Crippen LogP contribution in [-0.4, -0.2) is 33.1 Å². The number of hydrogen-bond acceptors (Lipinski definition) is 3. The molecular weight excluding hydrogens is 385 g/mol. The maximum Gasteiger partial charge on any atom is 0.126 e. The third-order valence-electron chi connectivity index (χ3n) is 4.84. The topological polar surface area (TPSA) is 36.8 Å². The summed E-state index contributed by atoms with van der Waals surface area (Å²) in [6.07, 6.45) is 10.2. The molecule has 0 aliphatic rings. The van der Waals surface area contributed by atoms with Gasteiger partial charge in [0.15, 0.2) is 0 Å². The third-order valence-corrected chi connectivity index (χ3v) is 5.03. The van der Waals surface area contributed by atoms with E-state index in [-0.39, 0.29) is 5.82 Å². The molecule has 0 spiro atoms. The number of hydrogen-bond donors (Lipinski definition) is 1. The van der Waals surface area contributed by atoms with E-state index >= 15 is 0 Å². The van der Waals surface area contributed by atoms with Gasteiger partial charge in [-0.2, -0.15) is 0 Å². The Bertz CT molecular complexity index is 697. The maximum atomic E-state index is 14.2. The molecule has 1 rings (SSSR count). The molecule has 1 N–H and O–H groups in total. The number of rotatable bonds is 15. The first-order chi connectivity index (χ1) is 14.0. The number of halogens is 2. The molecule has 5 heteroatoms. The van der Waals surface area contributed by atoms with Crippen molar-refractivity contribution in [3.05, 3.63) is 58.5 Å². The molecule has 1 aromatic rings. The second-order valence-corrected chi connectivity index (χ2v) is 8.02. The Kier molecular flexibility index (Phi) is 13.2. The first-order valence-corrected chi connectivity index (χ1v) is 10.7. The molecule has 0 radical (unpaired) electrons. The summed E-state index contributed by atoms with van der Waals surface area (Å²) in [5.41, 5.74) is 2.78. The quantitative estimate of drug-likeness (QED) is 0.207. The van der Waals surface area contributed by atoms with E-state index < -0.39 is 0 Å². The molecule has 1 unspecified atom stereocenters. The van der Waals surface area contributed by atoms with Gasteiger partial charge in [0.2, 0.25) is 0 Å². The van der Waals surface area contributed by atoms with Crippen LogP contribution in [0.2, 0.25) is 0 Å². The minimum Gasteiger partial charge on any atom is -0.320 e. The first kappa shape index (κ1) is 25.3. The lowest BCUT2D eigenvalue weighted by atomic mass is 9.93. The lowest BCUT2D eigenvalue weighted by Gasteiger charge is -2.15. The van der Waals surface area contributed by atoms with Crippen LogP contribution in [0.1, 0.15) is 50.2 Å². The van der Waals surface area contributed by atoms with Crippen LogP contribution in [0.25, 0.3) is 0 Å². The SMILES string of the molecule is C=N/C=C(Cl)\C=N/CCC(CCCCc1ccc(CC(=C)C)c(F)c1)CCNC. The van der Waals surface area contributed by atoms with Gasteiger partial charge >= 0.3 is 0 Å². The fourth-order valence-corrected chi connectivity index (χ4v) is 3.43. The normalized spacial score (nSPS) is 13.0. The number of aliphatic imine (C=N–C) groups is 2. The smallest absolute Gasteiger partial charge is 0.126 e. The van der Waals surface area contributed by atoms with E-state index in [1.54, 1.807) is 12.3 Å². The number of unbranched alkanes of at least 4 members (excludes halogenated alkanes) is 1. The van der Waals surface area contributed by atoms with Crippen molar-refractivity contribution in [2.45, 2.75) is 51.9 Å². The van der Waals surface area contributed by atoms with E-state index in [4.69, 9.17) is 11.6 Å². The Morgan fingerprint density at radius 1 is 1.28 bits per heavy atom. The van der Waals surface area contributed by atoms with Crippen molar-refractivity contribution in [3.63, 3.8) is 0 Å². The summed E-state index contributed by atoms with van der Waals surface area (Å²) in [6, 6.07) is 5.62. The summed E-state index contributed by atoms with van der Waals surface area (Å²) in [5.74, 6) is 0.504. The molecule has 0 fully saturated rings. The molecule has 1 aromatic carbocycles. The van der Waals surface area contributed by atoms with Gasteiger partial charge in [-0.1, -0.05) is 48.7 Å². The molecule has 29 heavy (non-hydrogen) atoms. The molecule has 0 saturated heterocycles. The zero-order chi connectivity index (χ0) is 21.5. The molecule has 160 valence electrons. The molecule has 0 aliphatic heterocycles.